The molecule has 2 aliphatic rings. The van der Waals surface area contributed by atoms with Crippen molar-refractivity contribution in [3.05, 3.63) is 0 Å². The van der Waals surface area contributed by atoms with Crippen molar-refractivity contribution < 1.29 is 4.74 Å². The van der Waals surface area contributed by atoms with E-state index in [9.17, 15) is 0 Å². The maximum absolute atomic E-state index is 5.96. The van der Waals surface area contributed by atoms with Crippen molar-refractivity contribution in [2.24, 2.45) is 5.92 Å². The van der Waals surface area contributed by atoms with Gasteiger partial charge in [-0.3, -0.25) is 5.32 Å². The van der Waals surface area contributed by atoms with Crippen molar-refractivity contribution in [2.75, 3.05) is 26.7 Å². The minimum Gasteiger partial charge on any atom is -0.357 e. The number of nitrogens with zero attached hydrogens (tertiary/aromatic N) is 1. The van der Waals surface area contributed by atoms with Crippen LogP contribution in [0.5, 0.6) is 0 Å². The zero-order valence-electron chi connectivity index (χ0n) is 10.3. The molecule has 3 nitrogen and oxygen atoms in total. The third kappa shape index (κ3) is 2.92. The Morgan fingerprint density at radius 2 is 2.33 bits per heavy atom. The maximum Gasteiger partial charge on any atom is 0.117 e. The van der Waals surface area contributed by atoms with Crippen LogP contribution in [-0.4, -0.2) is 43.4 Å². The highest BCUT2D eigenvalue weighted by molar-refractivity contribution is 4.86. The average molecular weight is 212 g/mol. The Balaban J connectivity index is 1.85. The molecule has 0 spiro atoms. The van der Waals surface area contributed by atoms with Gasteiger partial charge in [-0.25, -0.2) is 0 Å². The van der Waals surface area contributed by atoms with E-state index in [1.165, 1.54) is 25.9 Å². The summed E-state index contributed by atoms with van der Waals surface area (Å²) in [6.45, 7) is 7.84. The molecular formula is C12H24N2O. The van der Waals surface area contributed by atoms with Crippen molar-refractivity contribution in [1.82, 2.24) is 10.2 Å². The van der Waals surface area contributed by atoms with E-state index >= 15 is 0 Å². The zero-order chi connectivity index (χ0) is 10.9. The molecule has 0 saturated carbocycles. The number of nitrogens with one attached hydrogen (secondary N) is 1. The normalized spacial score (nSPS) is 43.4. The number of piperidine rings is 1. The van der Waals surface area contributed by atoms with Gasteiger partial charge in [0, 0.05) is 13.1 Å². The molecular weight excluding hydrogens is 188 g/mol. The molecule has 0 amide bonds. The predicted octanol–water partition coefficient (Wildman–Crippen LogP) is 1.44. The van der Waals surface area contributed by atoms with Crippen LogP contribution in [0.4, 0.5) is 0 Å². The highest BCUT2D eigenvalue weighted by atomic mass is 16.5. The van der Waals surface area contributed by atoms with E-state index in [1.54, 1.807) is 0 Å². The monoisotopic (exact) mass is 212 g/mol. The summed E-state index contributed by atoms with van der Waals surface area (Å²) in [6.07, 6.45) is 4.23. The van der Waals surface area contributed by atoms with Gasteiger partial charge in [-0.15, -0.1) is 0 Å². The van der Waals surface area contributed by atoms with Gasteiger partial charge in [-0.1, -0.05) is 0 Å². The molecule has 3 heteroatoms. The molecule has 2 aliphatic heterocycles. The fraction of sp³-hybridized carbons (Fsp3) is 1.00. The molecule has 88 valence electrons. The van der Waals surface area contributed by atoms with Crippen molar-refractivity contribution in [3.63, 3.8) is 0 Å². The van der Waals surface area contributed by atoms with Crippen molar-refractivity contribution in [2.45, 2.75) is 44.9 Å². The Labute approximate surface area is 93.2 Å². The summed E-state index contributed by atoms with van der Waals surface area (Å²) in [6, 6.07) is 0. The SMILES string of the molecule is CC1CNC(C)(CC2CCCN(C)C2)O1. The van der Waals surface area contributed by atoms with Crippen LogP contribution in [0.3, 0.4) is 0 Å². The van der Waals surface area contributed by atoms with Gasteiger partial charge < -0.3 is 9.64 Å². The molecule has 3 unspecified atom stereocenters. The van der Waals surface area contributed by atoms with Gasteiger partial charge in [0.1, 0.15) is 5.72 Å². The van der Waals surface area contributed by atoms with Crippen LogP contribution in [0.15, 0.2) is 0 Å². The number of hydrogen-bond acceptors (Lipinski definition) is 3. The molecule has 2 fully saturated rings. The number of rotatable bonds is 2. The van der Waals surface area contributed by atoms with Gasteiger partial charge in [-0.05, 0) is 52.6 Å². The van der Waals surface area contributed by atoms with Crippen LogP contribution in [-0.2, 0) is 4.74 Å². The molecule has 0 bridgehead atoms. The first-order valence-electron chi connectivity index (χ1n) is 6.19. The van der Waals surface area contributed by atoms with E-state index in [1.807, 2.05) is 0 Å². The summed E-state index contributed by atoms with van der Waals surface area (Å²) >= 11 is 0. The van der Waals surface area contributed by atoms with Gasteiger partial charge in [0.05, 0.1) is 6.10 Å². The molecule has 0 aromatic carbocycles. The third-order valence-corrected chi connectivity index (χ3v) is 3.63. The van der Waals surface area contributed by atoms with E-state index in [4.69, 9.17) is 4.74 Å². The lowest BCUT2D eigenvalue weighted by atomic mass is 9.90. The molecule has 0 radical (unpaired) electrons. The predicted molar refractivity (Wildman–Crippen MR) is 61.8 cm³/mol. The Morgan fingerprint density at radius 1 is 1.53 bits per heavy atom. The average Bonchev–Trinajstić information content (AvgIpc) is 2.45. The second-order valence-corrected chi connectivity index (χ2v) is 5.51. The highest BCUT2D eigenvalue weighted by Crippen LogP contribution is 2.29. The minimum atomic E-state index is -0.0672. The van der Waals surface area contributed by atoms with Crippen LogP contribution in [0, 0.1) is 5.92 Å². The molecule has 2 rings (SSSR count). The molecule has 2 saturated heterocycles. The van der Waals surface area contributed by atoms with Crippen LogP contribution in [0.2, 0.25) is 0 Å². The smallest absolute Gasteiger partial charge is 0.117 e. The summed E-state index contributed by atoms with van der Waals surface area (Å²) in [5.74, 6) is 0.798. The van der Waals surface area contributed by atoms with Crippen molar-refractivity contribution >= 4 is 0 Å². The largest absolute Gasteiger partial charge is 0.357 e. The molecule has 0 aliphatic carbocycles. The van der Waals surface area contributed by atoms with E-state index in [0.717, 1.165) is 18.9 Å². The first-order chi connectivity index (χ1) is 7.07. The van der Waals surface area contributed by atoms with Gasteiger partial charge in [0.15, 0.2) is 0 Å². The fourth-order valence-electron chi connectivity index (χ4n) is 3.00. The fourth-order valence-corrected chi connectivity index (χ4v) is 3.00. The summed E-state index contributed by atoms with van der Waals surface area (Å²) in [5, 5.41) is 3.50. The summed E-state index contributed by atoms with van der Waals surface area (Å²) in [5.41, 5.74) is -0.0672. The second kappa shape index (κ2) is 4.40. The number of likely N-dealkylation sites (tertiary alicyclic amines) is 1. The molecule has 3 atom stereocenters. The van der Waals surface area contributed by atoms with E-state index in [2.05, 4.69) is 31.1 Å². The van der Waals surface area contributed by atoms with Gasteiger partial charge in [0.25, 0.3) is 0 Å². The molecule has 1 N–H and O–H groups in total. The van der Waals surface area contributed by atoms with Crippen molar-refractivity contribution in [1.29, 1.82) is 0 Å². The first kappa shape index (κ1) is 11.4. The van der Waals surface area contributed by atoms with Crippen LogP contribution in [0.1, 0.15) is 33.1 Å². The van der Waals surface area contributed by atoms with Crippen LogP contribution >= 0.6 is 0 Å². The topological polar surface area (TPSA) is 24.5 Å². The second-order valence-electron chi connectivity index (χ2n) is 5.51. The number of ether oxygens (including phenoxy) is 1. The Morgan fingerprint density at radius 3 is 2.93 bits per heavy atom. The third-order valence-electron chi connectivity index (χ3n) is 3.63. The van der Waals surface area contributed by atoms with E-state index in [0.29, 0.717) is 6.10 Å². The molecule has 2 heterocycles. The lowest BCUT2D eigenvalue weighted by Crippen LogP contribution is -2.43. The Kier molecular flexibility index (Phi) is 3.33. The molecule has 0 aromatic heterocycles. The standard InChI is InChI=1S/C12H24N2O/c1-10-8-13-12(2,15-10)7-11-5-4-6-14(3)9-11/h10-11,13H,4-9H2,1-3H3. The van der Waals surface area contributed by atoms with Crippen LogP contribution < -0.4 is 5.32 Å². The molecule has 15 heavy (non-hydrogen) atoms. The van der Waals surface area contributed by atoms with Gasteiger partial charge >= 0.3 is 0 Å². The summed E-state index contributed by atoms with van der Waals surface area (Å²) < 4.78 is 5.96. The Bertz CT molecular complexity index is 222. The quantitative estimate of drug-likeness (QED) is 0.749. The first-order valence-corrected chi connectivity index (χ1v) is 6.19. The van der Waals surface area contributed by atoms with E-state index in [-0.39, 0.29) is 5.72 Å². The Hall–Kier alpha value is -0.120. The van der Waals surface area contributed by atoms with Crippen molar-refractivity contribution in [3.8, 4) is 0 Å². The highest BCUT2D eigenvalue weighted by Gasteiger charge is 2.36. The summed E-state index contributed by atoms with van der Waals surface area (Å²) in [7, 11) is 2.22. The van der Waals surface area contributed by atoms with E-state index < -0.39 is 0 Å². The zero-order valence-corrected chi connectivity index (χ0v) is 10.3. The maximum atomic E-state index is 5.96. The summed E-state index contributed by atoms with van der Waals surface area (Å²) in [4.78, 5) is 2.44. The number of hydrogen-bond donors (Lipinski definition) is 1. The molecule has 0 aromatic rings. The van der Waals surface area contributed by atoms with Gasteiger partial charge in [-0.2, -0.15) is 0 Å². The van der Waals surface area contributed by atoms with Crippen LogP contribution in [0.25, 0.3) is 0 Å². The minimum absolute atomic E-state index is 0.0672. The lowest BCUT2D eigenvalue weighted by Gasteiger charge is -2.35. The lowest BCUT2D eigenvalue weighted by molar-refractivity contribution is -0.0511. The van der Waals surface area contributed by atoms with Gasteiger partial charge in [0.2, 0.25) is 0 Å².